The highest BCUT2D eigenvalue weighted by Crippen LogP contribution is 2.16. The van der Waals surface area contributed by atoms with E-state index in [4.69, 9.17) is 5.26 Å². The fourth-order valence-corrected chi connectivity index (χ4v) is 1.84. The van der Waals surface area contributed by atoms with Crippen LogP contribution in [0, 0.1) is 11.3 Å². The molecule has 0 aromatic carbocycles. The van der Waals surface area contributed by atoms with Crippen LogP contribution < -0.4 is 0 Å². The molecule has 0 N–H and O–H groups in total. The number of hydrogen-bond donors (Lipinski definition) is 0. The van der Waals surface area contributed by atoms with Gasteiger partial charge in [0.2, 0.25) is 0 Å². The Bertz CT molecular complexity index is 802. The van der Waals surface area contributed by atoms with Crippen LogP contribution in [0.3, 0.4) is 0 Å². The van der Waals surface area contributed by atoms with Gasteiger partial charge in [0.15, 0.2) is 11.6 Å². The fraction of sp³-hybridized carbons (Fsp3) is 0.143. The van der Waals surface area contributed by atoms with E-state index in [-0.39, 0.29) is 5.82 Å². The largest absolute Gasteiger partial charge is 0.265 e. The minimum Gasteiger partial charge on any atom is -0.265 e. The molecule has 0 saturated carbocycles. The van der Waals surface area contributed by atoms with Crippen LogP contribution in [-0.4, -0.2) is 29.7 Å². The molecule has 0 atom stereocenters. The number of rotatable bonds is 3. The Morgan fingerprint density at radius 1 is 1.24 bits per heavy atom. The molecule has 3 aromatic rings. The molecule has 7 nitrogen and oxygen atoms in total. The number of aromatic nitrogens is 6. The van der Waals surface area contributed by atoms with Crippen LogP contribution in [0.2, 0.25) is 0 Å². The third-order valence-corrected chi connectivity index (χ3v) is 2.89. The number of nitrogens with zero attached hydrogens (tertiary/aromatic N) is 7. The van der Waals surface area contributed by atoms with Crippen LogP contribution in [0.1, 0.15) is 18.4 Å². The van der Waals surface area contributed by atoms with E-state index >= 15 is 0 Å². The van der Waals surface area contributed by atoms with Gasteiger partial charge in [-0.15, -0.1) is 5.10 Å². The second-order valence-electron chi connectivity index (χ2n) is 4.26. The molecule has 0 aliphatic carbocycles. The number of pyridine rings is 1. The molecular formula is C14H11N7. The van der Waals surface area contributed by atoms with E-state index in [1.54, 1.807) is 12.4 Å². The summed E-state index contributed by atoms with van der Waals surface area (Å²) >= 11 is 0. The number of aryl methyl sites for hydroxylation is 1. The van der Waals surface area contributed by atoms with Crippen LogP contribution in [0.25, 0.3) is 17.2 Å². The Balaban J connectivity index is 2.11. The van der Waals surface area contributed by atoms with Crippen LogP contribution >= 0.6 is 0 Å². The summed E-state index contributed by atoms with van der Waals surface area (Å²) in [7, 11) is 0. The first kappa shape index (κ1) is 12.9. The first-order valence-electron chi connectivity index (χ1n) is 6.40. The van der Waals surface area contributed by atoms with Crippen LogP contribution in [0.5, 0.6) is 0 Å². The Hall–Kier alpha value is -3.14. The fourth-order valence-electron chi connectivity index (χ4n) is 1.84. The van der Waals surface area contributed by atoms with Crippen molar-refractivity contribution >= 4 is 0 Å². The quantitative estimate of drug-likeness (QED) is 0.721. The van der Waals surface area contributed by atoms with Gasteiger partial charge in [0.05, 0.1) is 0 Å². The van der Waals surface area contributed by atoms with Crippen molar-refractivity contribution in [3.8, 4) is 23.3 Å². The molecule has 3 heterocycles. The highest BCUT2D eigenvalue weighted by atomic mass is 15.4. The SMILES string of the molecule is CCc1cc(-n2cnc(C#N)n2)nc(-c2ccncc2)n1. The maximum atomic E-state index is 8.80. The summed E-state index contributed by atoms with van der Waals surface area (Å²) in [5, 5.41) is 12.9. The molecule has 0 amide bonds. The third kappa shape index (κ3) is 2.60. The zero-order valence-electron chi connectivity index (χ0n) is 11.3. The van der Waals surface area contributed by atoms with E-state index in [0.29, 0.717) is 11.6 Å². The van der Waals surface area contributed by atoms with Gasteiger partial charge < -0.3 is 0 Å². The monoisotopic (exact) mass is 277 g/mol. The van der Waals surface area contributed by atoms with Crippen molar-refractivity contribution in [1.82, 2.24) is 29.7 Å². The van der Waals surface area contributed by atoms with Gasteiger partial charge >= 0.3 is 0 Å². The lowest BCUT2D eigenvalue weighted by atomic mass is 10.2. The van der Waals surface area contributed by atoms with E-state index in [0.717, 1.165) is 17.7 Å². The van der Waals surface area contributed by atoms with Crippen molar-refractivity contribution in [2.45, 2.75) is 13.3 Å². The summed E-state index contributed by atoms with van der Waals surface area (Å²) < 4.78 is 1.48. The van der Waals surface area contributed by atoms with E-state index < -0.39 is 0 Å². The smallest absolute Gasteiger partial charge is 0.252 e. The highest BCUT2D eigenvalue weighted by Gasteiger charge is 2.09. The van der Waals surface area contributed by atoms with Crippen molar-refractivity contribution < 1.29 is 0 Å². The van der Waals surface area contributed by atoms with E-state index in [1.165, 1.54) is 11.0 Å². The van der Waals surface area contributed by atoms with Gasteiger partial charge in [-0.25, -0.2) is 19.6 Å². The predicted octanol–water partition coefficient (Wildman–Crippen LogP) is 1.55. The number of hydrogen-bond acceptors (Lipinski definition) is 6. The molecule has 0 radical (unpaired) electrons. The predicted molar refractivity (Wildman–Crippen MR) is 74.3 cm³/mol. The van der Waals surface area contributed by atoms with Crippen LogP contribution in [-0.2, 0) is 6.42 Å². The average Bonchev–Trinajstić information content (AvgIpc) is 3.04. The summed E-state index contributed by atoms with van der Waals surface area (Å²) in [6.07, 6.45) is 5.63. The first-order chi connectivity index (χ1) is 10.3. The lowest BCUT2D eigenvalue weighted by molar-refractivity contribution is 0.826. The van der Waals surface area contributed by atoms with Crippen LogP contribution in [0.4, 0.5) is 0 Å². The molecule has 0 spiro atoms. The van der Waals surface area contributed by atoms with E-state index in [2.05, 4.69) is 25.0 Å². The van der Waals surface area contributed by atoms with Gasteiger partial charge in [-0.3, -0.25) is 4.98 Å². The molecule has 0 fully saturated rings. The van der Waals surface area contributed by atoms with Gasteiger partial charge in [0, 0.05) is 29.7 Å². The maximum absolute atomic E-state index is 8.80. The van der Waals surface area contributed by atoms with Gasteiger partial charge in [-0.1, -0.05) is 6.92 Å². The zero-order chi connectivity index (χ0) is 14.7. The summed E-state index contributed by atoms with van der Waals surface area (Å²) in [6, 6.07) is 7.43. The second-order valence-corrected chi connectivity index (χ2v) is 4.26. The Kier molecular flexibility index (Phi) is 3.35. The van der Waals surface area contributed by atoms with Crippen LogP contribution in [0.15, 0.2) is 36.9 Å². The lowest BCUT2D eigenvalue weighted by Gasteiger charge is -2.06. The summed E-state index contributed by atoms with van der Waals surface area (Å²) in [4.78, 5) is 16.9. The average molecular weight is 277 g/mol. The molecule has 21 heavy (non-hydrogen) atoms. The molecular weight excluding hydrogens is 266 g/mol. The standard InChI is InChI=1S/C14H11N7/c1-2-11-7-13(21-9-17-12(8-15)20-21)19-14(18-11)10-3-5-16-6-4-10/h3-7,9H,2H2,1H3. The molecule has 3 rings (SSSR count). The number of nitriles is 1. The van der Waals surface area contributed by atoms with Gasteiger partial charge in [0.25, 0.3) is 5.82 Å². The maximum Gasteiger partial charge on any atom is 0.252 e. The molecule has 0 unspecified atom stereocenters. The zero-order valence-corrected chi connectivity index (χ0v) is 11.3. The Labute approximate surface area is 121 Å². The molecule has 0 aliphatic rings. The van der Waals surface area contributed by atoms with Crippen molar-refractivity contribution in [3.05, 3.63) is 48.4 Å². The minimum absolute atomic E-state index is 0.108. The molecule has 3 aromatic heterocycles. The highest BCUT2D eigenvalue weighted by molar-refractivity contribution is 5.55. The van der Waals surface area contributed by atoms with E-state index in [1.807, 2.05) is 31.2 Å². The van der Waals surface area contributed by atoms with Crippen molar-refractivity contribution in [3.63, 3.8) is 0 Å². The summed E-state index contributed by atoms with van der Waals surface area (Å²) in [5.41, 5.74) is 1.77. The van der Waals surface area contributed by atoms with E-state index in [9.17, 15) is 0 Å². The van der Waals surface area contributed by atoms with Crippen molar-refractivity contribution in [2.75, 3.05) is 0 Å². The Morgan fingerprint density at radius 3 is 2.71 bits per heavy atom. The van der Waals surface area contributed by atoms with Crippen molar-refractivity contribution in [2.24, 2.45) is 0 Å². The molecule has 0 saturated heterocycles. The normalized spacial score (nSPS) is 10.3. The molecule has 7 heteroatoms. The third-order valence-electron chi connectivity index (χ3n) is 2.89. The summed E-state index contributed by atoms with van der Waals surface area (Å²) in [6.45, 7) is 2.02. The lowest BCUT2D eigenvalue weighted by Crippen LogP contribution is -2.04. The van der Waals surface area contributed by atoms with Crippen molar-refractivity contribution in [1.29, 1.82) is 5.26 Å². The Morgan fingerprint density at radius 2 is 2.05 bits per heavy atom. The topological polar surface area (TPSA) is 93.2 Å². The summed E-state index contributed by atoms with van der Waals surface area (Å²) in [5.74, 6) is 1.29. The molecule has 0 aliphatic heterocycles. The first-order valence-corrected chi connectivity index (χ1v) is 6.40. The minimum atomic E-state index is 0.108. The second kappa shape index (κ2) is 5.46. The van der Waals surface area contributed by atoms with Gasteiger partial charge in [-0.05, 0) is 18.6 Å². The van der Waals surface area contributed by atoms with Gasteiger partial charge in [-0.2, -0.15) is 5.26 Å². The molecule has 102 valence electrons. The van der Waals surface area contributed by atoms with Gasteiger partial charge in [0.1, 0.15) is 12.4 Å². The molecule has 0 bridgehead atoms.